The van der Waals surface area contributed by atoms with E-state index >= 15 is 0 Å². The van der Waals surface area contributed by atoms with Crippen LogP contribution in [0.2, 0.25) is 0 Å². The van der Waals surface area contributed by atoms with E-state index in [2.05, 4.69) is 34.1 Å². The molecule has 154 valence electrons. The first-order chi connectivity index (χ1) is 14.7. The highest BCUT2D eigenvalue weighted by atomic mass is 16.5. The number of fused-ring (bicyclic) bond motifs is 2. The van der Waals surface area contributed by atoms with Gasteiger partial charge in [-0.05, 0) is 68.1 Å². The highest BCUT2D eigenvalue weighted by Crippen LogP contribution is 2.37. The van der Waals surface area contributed by atoms with Crippen LogP contribution in [-0.4, -0.2) is 35.6 Å². The summed E-state index contributed by atoms with van der Waals surface area (Å²) >= 11 is 0. The number of pyridine rings is 1. The van der Waals surface area contributed by atoms with Crippen molar-refractivity contribution in [3.8, 4) is 17.1 Å². The average Bonchev–Trinajstić information content (AvgIpc) is 3.19. The van der Waals surface area contributed by atoms with Gasteiger partial charge in [0.25, 0.3) is 0 Å². The lowest BCUT2D eigenvalue weighted by molar-refractivity contribution is 0.205. The number of para-hydroxylation sites is 1. The number of ether oxygens (including phenoxy) is 1. The average molecular weight is 402 g/mol. The van der Waals surface area contributed by atoms with Crippen molar-refractivity contribution in [1.29, 1.82) is 0 Å². The van der Waals surface area contributed by atoms with E-state index in [0.717, 1.165) is 71.3 Å². The number of nitrogens with zero attached hydrogens (tertiary/aromatic N) is 2. The molecule has 1 saturated heterocycles. The standard InChI is InChI=1S/C25H27N3O2/c1-2-29-24-12-17(16-28-9-7-19(26)8-10-28)11-20-21(24)14-27-15-22(20)25-13-18-5-3-4-6-23(18)30-25/h3-6,11-15,19H,2,7-10,16,26H2,1H3. The predicted molar refractivity (Wildman–Crippen MR) is 121 cm³/mol. The predicted octanol–water partition coefficient (Wildman–Crippen LogP) is 4.97. The molecule has 30 heavy (non-hydrogen) atoms. The van der Waals surface area contributed by atoms with E-state index < -0.39 is 0 Å². The summed E-state index contributed by atoms with van der Waals surface area (Å²) in [6.45, 7) is 5.60. The van der Waals surface area contributed by atoms with Gasteiger partial charge in [0.2, 0.25) is 0 Å². The maximum atomic E-state index is 6.16. The van der Waals surface area contributed by atoms with Crippen LogP contribution in [0.4, 0.5) is 0 Å². The summed E-state index contributed by atoms with van der Waals surface area (Å²) in [6, 6.07) is 14.9. The van der Waals surface area contributed by atoms with Crippen LogP contribution in [0.25, 0.3) is 33.1 Å². The van der Waals surface area contributed by atoms with Crippen LogP contribution in [-0.2, 0) is 6.54 Å². The lowest BCUT2D eigenvalue weighted by Crippen LogP contribution is -2.39. The Kier molecular flexibility index (Phi) is 5.15. The van der Waals surface area contributed by atoms with Crippen molar-refractivity contribution in [2.75, 3.05) is 19.7 Å². The van der Waals surface area contributed by atoms with Crippen molar-refractivity contribution in [2.24, 2.45) is 5.73 Å². The smallest absolute Gasteiger partial charge is 0.137 e. The molecule has 0 aliphatic carbocycles. The van der Waals surface area contributed by atoms with Gasteiger partial charge in [-0.15, -0.1) is 0 Å². The first-order valence-electron chi connectivity index (χ1n) is 10.7. The molecule has 0 bridgehead atoms. The van der Waals surface area contributed by atoms with Gasteiger partial charge in [0.1, 0.15) is 17.1 Å². The zero-order valence-electron chi connectivity index (χ0n) is 17.3. The van der Waals surface area contributed by atoms with Crippen LogP contribution in [0.3, 0.4) is 0 Å². The largest absolute Gasteiger partial charge is 0.493 e. The number of benzene rings is 2. The fourth-order valence-corrected chi connectivity index (χ4v) is 4.34. The third-order valence-corrected chi connectivity index (χ3v) is 5.93. The van der Waals surface area contributed by atoms with Crippen molar-refractivity contribution in [2.45, 2.75) is 32.4 Å². The van der Waals surface area contributed by atoms with E-state index in [-0.39, 0.29) is 0 Å². The highest BCUT2D eigenvalue weighted by molar-refractivity contribution is 6.00. The maximum absolute atomic E-state index is 6.16. The lowest BCUT2D eigenvalue weighted by atomic mass is 10.0. The van der Waals surface area contributed by atoms with Gasteiger partial charge in [0.05, 0.1) is 6.61 Å². The molecule has 4 aromatic rings. The molecular formula is C25H27N3O2. The normalized spacial score (nSPS) is 15.8. The van der Waals surface area contributed by atoms with E-state index in [0.29, 0.717) is 12.6 Å². The molecule has 0 radical (unpaired) electrons. The first-order valence-corrected chi connectivity index (χ1v) is 10.7. The molecule has 1 fully saturated rings. The summed E-state index contributed by atoms with van der Waals surface area (Å²) in [5.74, 6) is 1.71. The number of aromatic nitrogens is 1. The fourth-order valence-electron chi connectivity index (χ4n) is 4.34. The quantitative estimate of drug-likeness (QED) is 0.511. The Morgan fingerprint density at radius 2 is 1.93 bits per heavy atom. The van der Waals surface area contributed by atoms with E-state index in [1.807, 2.05) is 37.5 Å². The molecule has 1 aliphatic rings. The number of hydrogen-bond acceptors (Lipinski definition) is 5. The molecule has 5 nitrogen and oxygen atoms in total. The van der Waals surface area contributed by atoms with Gasteiger partial charge < -0.3 is 14.9 Å². The minimum atomic E-state index is 0.336. The van der Waals surface area contributed by atoms with Crippen molar-refractivity contribution in [3.05, 3.63) is 60.4 Å². The highest BCUT2D eigenvalue weighted by Gasteiger charge is 2.18. The minimum absolute atomic E-state index is 0.336. The van der Waals surface area contributed by atoms with Gasteiger partial charge in [-0.1, -0.05) is 18.2 Å². The van der Waals surface area contributed by atoms with E-state index in [4.69, 9.17) is 14.9 Å². The molecule has 2 N–H and O–H groups in total. The number of piperidine rings is 1. The van der Waals surface area contributed by atoms with E-state index in [1.165, 1.54) is 5.56 Å². The Bertz CT molecular complexity index is 1140. The molecule has 0 spiro atoms. The Labute approximate surface area is 176 Å². The molecule has 3 heterocycles. The van der Waals surface area contributed by atoms with Crippen LogP contribution >= 0.6 is 0 Å². The molecule has 0 amide bonds. The van der Waals surface area contributed by atoms with Crippen molar-refractivity contribution >= 4 is 21.7 Å². The molecular weight excluding hydrogens is 374 g/mol. The van der Waals surface area contributed by atoms with Crippen molar-refractivity contribution in [3.63, 3.8) is 0 Å². The molecule has 2 aromatic heterocycles. The third kappa shape index (κ3) is 3.66. The minimum Gasteiger partial charge on any atom is -0.493 e. The van der Waals surface area contributed by atoms with E-state index in [1.54, 1.807) is 0 Å². The first kappa shape index (κ1) is 19.1. The molecule has 5 heteroatoms. The van der Waals surface area contributed by atoms with Crippen LogP contribution in [0.1, 0.15) is 25.3 Å². The Balaban J connectivity index is 1.59. The topological polar surface area (TPSA) is 64.5 Å². The summed E-state index contributed by atoms with van der Waals surface area (Å²) in [4.78, 5) is 6.97. The summed E-state index contributed by atoms with van der Waals surface area (Å²) < 4.78 is 12.2. The number of furan rings is 1. The third-order valence-electron chi connectivity index (χ3n) is 5.93. The second-order valence-corrected chi connectivity index (χ2v) is 8.07. The van der Waals surface area contributed by atoms with Gasteiger partial charge >= 0.3 is 0 Å². The van der Waals surface area contributed by atoms with Crippen LogP contribution in [0.15, 0.2) is 59.3 Å². The van der Waals surface area contributed by atoms with Crippen LogP contribution < -0.4 is 10.5 Å². The zero-order valence-corrected chi connectivity index (χ0v) is 17.3. The van der Waals surface area contributed by atoms with Gasteiger partial charge in [-0.25, -0.2) is 0 Å². The Morgan fingerprint density at radius 3 is 2.73 bits per heavy atom. The number of likely N-dealkylation sites (tertiary alicyclic amines) is 1. The Hall–Kier alpha value is -2.89. The number of rotatable bonds is 5. The second-order valence-electron chi connectivity index (χ2n) is 8.07. The number of hydrogen-bond donors (Lipinski definition) is 1. The lowest BCUT2D eigenvalue weighted by Gasteiger charge is -2.30. The van der Waals surface area contributed by atoms with Gasteiger partial charge in [0.15, 0.2) is 0 Å². The van der Waals surface area contributed by atoms with Gasteiger partial charge in [0, 0.05) is 41.3 Å². The fraction of sp³-hybridized carbons (Fsp3) is 0.320. The maximum Gasteiger partial charge on any atom is 0.137 e. The van der Waals surface area contributed by atoms with Gasteiger partial charge in [-0.2, -0.15) is 0 Å². The molecule has 0 saturated carbocycles. The van der Waals surface area contributed by atoms with Gasteiger partial charge in [-0.3, -0.25) is 9.88 Å². The molecule has 1 aliphatic heterocycles. The summed E-state index contributed by atoms with van der Waals surface area (Å²) in [6.07, 6.45) is 5.88. The Morgan fingerprint density at radius 1 is 1.10 bits per heavy atom. The summed E-state index contributed by atoms with van der Waals surface area (Å²) in [7, 11) is 0. The summed E-state index contributed by atoms with van der Waals surface area (Å²) in [5.41, 5.74) is 9.20. The molecule has 2 aromatic carbocycles. The van der Waals surface area contributed by atoms with E-state index in [9.17, 15) is 0 Å². The second kappa shape index (κ2) is 8.09. The zero-order chi connectivity index (χ0) is 20.5. The molecule has 0 unspecified atom stereocenters. The SMILES string of the molecule is CCOc1cc(CN2CCC(N)CC2)cc2c(-c3cc4ccccc4o3)cncc12. The monoisotopic (exact) mass is 401 g/mol. The number of nitrogens with two attached hydrogens (primary N) is 1. The van der Waals surface area contributed by atoms with Crippen molar-refractivity contribution < 1.29 is 9.15 Å². The van der Waals surface area contributed by atoms with Crippen LogP contribution in [0, 0.1) is 0 Å². The van der Waals surface area contributed by atoms with Crippen LogP contribution in [0.5, 0.6) is 5.75 Å². The van der Waals surface area contributed by atoms with Crippen molar-refractivity contribution in [1.82, 2.24) is 9.88 Å². The summed E-state index contributed by atoms with van der Waals surface area (Å²) in [5, 5.41) is 3.22. The molecule has 0 atom stereocenters. The molecule has 5 rings (SSSR count).